The lowest BCUT2D eigenvalue weighted by molar-refractivity contribution is 0.0787. The van der Waals surface area contributed by atoms with Gasteiger partial charge in [0, 0.05) is 37.1 Å². The van der Waals surface area contributed by atoms with Gasteiger partial charge in [0.05, 0.1) is 24.9 Å². The number of aryl methyl sites for hydroxylation is 1. The van der Waals surface area contributed by atoms with E-state index in [1.54, 1.807) is 13.3 Å². The molecule has 4 rings (SSSR count). The monoisotopic (exact) mass is 379 g/mol. The van der Waals surface area contributed by atoms with Crippen LogP contribution in [0.2, 0.25) is 0 Å². The zero-order valence-electron chi connectivity index (χ0n) is 16.3. The molecular formula is C21H25N5O2. The smallest absolute Gasteiger partial charge is 0.257 e. The second-order valence-electron chi connectivity index (χ2n) is 7.16. The maximum absolute atomic E-state index is 13.1. The van der Waals surface area contributed by atoms with Gasteiger partial charge in [-0.2, -0.15) is 5.10 Å². The van der Waals surface area contributed by atoms with Crippen molar-refractivity contribution >= 4 is 16.9 Å². The molecule has 1 saturated heterocycles. The Bertz CT molecular complexity index is 1010. The van der Waals surface area contributed by atoms with E-state index >= 15 is 0 Å². The van der Waals surface area contributed by atoms with E-state index in [2.05, 4.69) is 4.98 Å². The normalized spacial score (nSPS) is 16.7. The van der Waals surface area contributed by atoms with E-state index in [-0.39, 0.29) is 11.8 Å². The first-order valence-corrected chi connectivity index (χ1v) is 9.58. The number of methoxy groups -OCH3 is 1. The summed E-state index contributed by atoms with van der Waals surface area (Å²) in [7, 11) is 1.61. The van der Waals surface area contributed by atoms with Crippen LogP contribution in [-0.2, 0) is 6.54 Å². The molecule has 0 radical (unpaired) electrons. The molecule has 2 N–H and O–H groups in total. The number of carbonyl (C=O) groups excluding carboxylic acids is 1. The van der Waals surface area contributed by atoms with Crippen LogP contribution in [0.5, 0.6) is 5.75 Å². The molecule has 0 spiro atoms. The molecule has 1 aliphatic rings. The highest BCUT2D eigenvalue weighted by molar-refractivity contribution is 5.97. The van der Waals surface area contributed by atoms with Crippen LogP contribution < -0.4 is 10.5 Å². The number of carbonyl (C=O) groups is 1. The molecule has 1 fully saturated rings. The fourth-order valence-electron chi connectivity index (χ4n) is 4.04. The number of rotatable bonds is 5. The summed E-state index contributed by atoms with van der Waals surface area (Å²) in [6.45, 7) is 4.43. The highest BCUT2D eigenvalue weighted by atomic mass is 16.5. The van der Waals surface area contributed by atoms with Gasteiger partial charge < -0.3 is 15.4 Å². The highest BCUT2D eigenvalue weighted by Gasteiger charge is 2.32. The summed E-state index contributed by atoms with van der Waals surface area (Å²) in [4.78, 5) is 19.5. The Morgan fingerprint density at radius 3 is 2.96 bits per heavy atom. The third-order valence-corrected chi connectivity index (χ3v) is 5.39. The first kappa shape index (κ1) is 18.4. The van der Waals surface area contributed by atoms with Crippen molar-refractivity contribution in [2.45, 2.75) is 25.8 Å². The van der Waals surface area contributed by atoms with Gasteiger partial charge in [-0.3, -0.25) is 4.79 Å². The minimum absolute atomic E-state index is 0.00636. The third kappa shape index (κ3) is 3.11. The number of ether oxygens (including phenoxy) is 1. The van der Waals surface area contributed by atoms with Crippen molar-refractivity contribution < 1.29 is 9.53 Å². The average molecular weight is 379 g/mol. The Labute approximate surface area is 164 Å². The topological polar surface area (TPSA) is 86.3 Å². The maximum atomic E-state index is 13.1. The van der Waals surface area contributed by atoms with E-state index in [4.69, 9.17) is 15.6 Å². The van der Waals surface area contributed by atoms with Crippen molar-refractivity contribution in [3.05, 3.63) is 53.3 Å². The van der Waals surface area contributed by atoms with Crippen molar-refractivity contribution in [1.82, 2.24) is 19.7 Å². The lowest BCUT2D eigenvalue weighted by Gasteiger charge is -2.19. The Morgan fingerprint density at radius 2 is 2.18 bits per heavy atom. The van der Waals surface area contributed by atoms with E-state index < -0.39 is 0 Å². The maximum Gasteiger partial charge on any atom is 0.257 e. The summed E-state index contributed by atoms with van der Waals surface area (Å²) >= 11 is 0. The van der Waals surface area contributed by atoms with Crippen LogP contribution in [0.1, 0.15) is 34.0 Å². The Kier molecular flexibility index (Phi) is 5.00. The number of likely N-dealkylation sites (tertiary alicyclic amines) is 1. The number of aromatic nitrogens is 3. The number of hydrogen-bond donors (Lipinski definition) is 1. The molecule has 7 nitrogen and oxygen atoms in total. The Morgan fingerprint density at radius 1 is 1.32 bits per heavy atom. The minimum Gasteiger partial charge on any atom is -0.496 e. The molecule has 1 aliphatic heterocycles. The molecule has 146 valence electrons. The number of amides is 1. The van der Waals surface area contributed by atoms with E-state index in [0.717, 1.165) is 28.7 Å². The van der Waals surface area contributed by atoms with Crippen LogP contribution in [0, 0.1) is 6.92 Å². The molecular weight excluding hydrogens is 354 g/mol. The lowest BCUT2D eigenvalue weighted by Crippen LogP contribution is -2.29. The zero-order valence-corrected chi connectivity index (χ0v) is 16.3. The molecule has 0 bridgehead atoms. The van der Waals surface area contributed by atoms with Gasteiger partial charge in [0.25, 0.3) is 5.91 Å². The van der Waals surface area contributed by atoms with Crippen molar-refractivity contribution in [2.24, 2.45) is 5.73 Å². The van der Waals surface area contributed by atoms with Gasteiger partial charge in [0.2, 0.25) is 0 Å². The Balaban J connectivity index is 1.61. The second kappa shape index (κ2) is 7.59. The van der Waals surface area contributed by atoms with Crippen molar-refractivity contribution in [3.8, 4) is 5.75 Å². The number of benzene rings is 1. The van der Waals surface area contributed by atoms with Gasteiger partial charge in [-0.1, -0.05) is 12.1 Å². The second-order valence-corrected chi connectivity index (χ2v) is 7.16. The molecule has 0 saturated carbocycles. The fraction of sp³-hybridized carbons (Fsp3) is 0.381. The van der Waals surface area contributed by atoms with Crippen molar-refractivity contribution in [3.63, 3.8) is 0 Å². The first-order valence-electron chi connectivity index (χ1n) is 9.58. The number of nitrogens with two attached hydrogens (primary N) is 1. The van der Waals surface area contributed by atoms with E-state index in [0.29, 0.717) is 37.5 Å². The van der Waals surface area contributed by atoms with Gasteiger partial charge in [0.15, 0.2) is 5.65 Å². The average Bonchev–Trinajstić information content (AvgIpc) is 3.33. The first-order chi connectivity index (χ1) is 13.6. The number of pyridine rings is 1. The van der Waals surface area contributed by atoms with Gasteiger partial charge >= 0.3 is 0 Å². The number of para-hydroxylation sites is 1. The summed E-state index contributed by atoms with van der Waals surface area (Å²) < 4.78 is 7.35. The van der Waals surface area contributed by atoms with Crippen molar-refractivity contribution in [2.75, 3.05) is 26.7 Å². The molecule has 2 aromatic heterocycles. The summed E-state index contributed by atoms with van der Waals surface area (Å²) in [5, 5.41) is 5.83. The van der Waals surface area contributed by atoms with Crippen LogP contribution in [0.25, 0.3) is 11.0 Å². The van der Waals surface area contributed by atoms with Crippen LogP contribution in [0.4, 0.5) is 0 Å². The molecule has 1 aromatic carbocycles. The SMILES string of the molecule is COc1c(C)cccc1C(=O)N1CCC(c2nn(CCN)c3ncccc23)C1. The Hall–Kier alpha value is -2.93. The van der Waals surface area contributed by atoms with Crippen LogP contribution >= 0.6 is 0 Å². The number of nitrogens with zero attached hydrogens (tertiary/aromatic N) is 4. The largest absolute Gasteiger partial charge is 0.496 e. The summed E-state index contributed by atoms with van der Waals surface area (Å²) in [6.07, 6.45) is 2.65. The van der Waals surface area contributed by atoms with E-state index in [9.17, 15) is 4.79 Å². The summed E-state index contributed by atoms with van der Waals surface area (Å²) in [5.41, 5.74) is 9.16. The minimum atomic E-state index is 0.00636. The molecule has 0 aliphatic carbocycles. The standard InChI is InChI=1S/C21H25N5O2/c1-14-5-3-6-17(19(14)28-2)21(27)25-11-8-15(13-25)18-16-7-4-10-23-20(16)26(24-18)12-9-22/h3-7,10,15H,8-9,11-13,22H2,1-2H3. The van der Waals surface area contributed by atoms with Gasteiger partial charge in [-0.05, 0) is 37.1 Å². The molecule has 3 aromatic rings. The molecule has 1 amide bonds. The van der Waals surface area contributed by atoms with E-state index in [1.165, 1.54) is 0 Å². The number of hydrogen-bond acceptors (Lipinski definition) is 5. The third-order valence-electron chi connectivity index (χ3n) is 5.39. The molecule has 1 atom stereocenters. The molecule has 7 heteroatoms. The highest BCUT2D eigenvalue weighted by Crippen LogP contribution is 2.33. The number of fused-ring (bicyclic) bond motifs is 1. The summed E-state index contributed by atoms with van der Waals surface area (Å²) in [6, 6.07) is 9.65. The van der Waals surface area contributed by atoms with Crippen LogP contribution in [0.15, 0.2) is 36.5 Å². The lowest BCUT2D eigenvalue weighted by atomic mass is 10.0. The van der Waals surface area contributed by atoms with E-state index in [1.807, 2.05) is 46.8 Å². The van der Waals surface area contributed by atoms with Gasteiger partial charge in [-0.15, -0.1) is 0 Å². The predicted molar refractivity (Wildman–Crippen MR) is 108 cm³/mol. The van der Waals surface area contributed by atoms with Crippen LogP contribution in [-0.4, -0.2) is 52.3 Å². The molecule has 3 heterocycles. The van der Waals surface area contributed by atoms with Gasteiger partial charge in [0.1, 0.15) is 5.75 Å². The predicted octanol–water partition coefficient (Wildman–Crippen LogP) is 2.34. The quantitative estimate of drug-likeness (QED) is 0.735. The van der Waals surface area contributed by atoms with Crippen molar-refractivity contribution in [1.29, 1.82) is 0 Å². The fourth-order valence-corrected chi connectivity index (χ4v) is 4.04. The summed E-state index contributed by atoms with van der Waals surface area (Å²) in [5.74, 6) is 0.843. The zero-order chi connectivity index (χ0) is 19.7. The molecule has 28 heavy (non-hydrogen) atoms. The van der Waals surface area contributed by atoms with Crippen LogP contribution in [0.3, 0.4) is 0 Å². The molecule has 1 unspecified atom stereocenters. The van der Waals surface area contributed by atoms with Gasteiger partial charge in [-0.25, -0.2) is 9.67 Å².